The Kier molecular flexibility index (Phi) is 9.61. The average Bonchev–Trinajstić information content (AvgIpc) is 2.87. The van der Waals surface area contributed by atoms with Crippen molar-refractivity contribution in [2.75, 3.05) is 0 Å². The molecule has 3 rings (SSSR count). The van der Waals surface area contributed by atoms with E-state index in [0.717, 1.165) is 19.3 Å². The maximum atomic E-state index is 12.0. The number of rotatable bonds is 12. The Morgan fingerprint density at radius 3 is 2.09 bits per heavy atom. The quantitative estimate of drug-likeness (QED) is 0.0839. The van der Waals surface area contributed by atoms with E-state index in [1.807, 2.05) is 18.2 Å². The van der Waals surface area contributed by atoms with Crippen molar-refractivity contribution in [1.29, 1.82) is 0 Å². The predicted molar refractivity (Wildman–Crippen MR) is 130 cm³/mol. The minimum atomic E-state index is -0.762. The van der Waals surface area contributed by atoms with Gasteiger partial charge < -0.3 is 4.84 Å². The minimum Gasteiger partial charge on any atom is -0.312 e. The Bertz CT molecular complexity index is 1080. The largest absolute Gasteiger partial charge is 0.365 e. The summed E-state index contributed by atoms with van der Waals surface area (Å²) in [5.41, 5.74) is 1.55. The van der Waals surface area contributed by atoms with Crippen LogP contribution in [0.3, 0.4) is 0 Å². The topological polar surface area (TPSA) is 72.8 Å². The van der Waals surface area contributed by atoms with E-state index in [-0.39, 0.29) is 18.4 Å². The summed E-state index contributed by atoms with van der Waals surface area (Å²) in [6.45, 7) is 0. The summed E-state index contributed by atoms with van der Waals surface area (Å²) in [6.07, 6.45) is 3.88. The summed E-state index contributed by atoms with van der Waals surface area (Å²) in [5, 5.41) is 3.65. The third kappa shape index (κ3) is 8.16. The highest BCUT2D eigenvalue weighted by molar-refractivity contribution is 7.99. The normalized spacial score (nSPS) is 11.1. The third-order valence-electron chi connectivity index (χ3n) is 4.92. The zero-order valence-corrected chi connectivity index (χ0v) is 19.0. The Balaban J connectivity index is 1.42. The van der Waals surface area contributed by atoms with Crippen LogP contribution in [0.2, 0.25) is 0 Å². The monoisotopic (exact) mass is 459 g/mol. The third-order valence-corrected chi connectivity index (χ3v) is 5.94. The van der Waals surface area contributed by atoms with E-state index < -0.39 is 11.8 Å². The highest BCUT2D eigenvalue weighted by Crippen LogP contribution is 2.27. The van der Waals surface area contributed by atoms with Crippen molar-refractivity contribution in [3.05, 3.63) is 96.1 Å². The molecule has 0 N–H and O–H groups in total. The van der Waals surface area contributed by atoms with Crippen LogP contribution in [-0.2, 0) is 20.8 Å². The molecule has 0 saturated carbocycles. The summed E-state index contributed by atoms with van der Waals surface area (Å²) >= 11 is 1.73. The molecule has 0 aliphatic carbocycles. The molecule has 0 bridgehead atoms. The molecule has 33 heavy (non-hydrogen) atoms. The van der Waals surface area contributed by atoms with Gasteiger partial charge in [-0.25, -0.2) is 4.79 Å². The fraction of sp³-hybridized carbons (Fsp3) is 0.185. The van der Waals surface area contributed by atoms with Crippen LogP contribution in [-0.4, -0.2) is 23.8 Å². The summed E-state index contributed by atoms with van der Waals surface area (Å²) in [4.78, 5) is 42.0. The van der Waals surface area contributed by atoms with Crippen LogP contribution in [0, 0.1) is 0 Å². The predicted octanol–water partition coefficient (Wildman–Crippen LogP) is 5.92. The highest BCUT2D eigenvalue weighted by Gasteiger charge is 2.13. The second-order valence-electron chi connectivity index (χ2n) is 7.38. The molecule has 0 atom stereocenters. The van der Waals surface area contributed by atoms with Crippen LogP contribution >= 0.6 is 11.8 Å². The van der Waals surface area contributed by atoms with Gasteiger partial charge in [0.2, 0.25) is 5.78 Å². The molecule has 0 saturated heterocycles. The molecule has 5 nitrogen and oxygen atoms in total. The number of hydrogen-bond donors (Lipinski definition) is 0. The van der Waals surface area contributed by atoms with Gasteiger partial charge in [-0.1, -0.05) is 71.9 Å². The molecule has 0 aliphatic rings. The summed E-state index contributed by atoms with van der Waals surface area (Å²) in [7, 11) is 0. The molecule has 0 amide bonds. The van der Waals surface area contributed by atoms with Gasteiger partial charge in [-0.2, -0.15) is 0 Å². The fourth-order valence-corrected chi connectivity index (χ4v) is 3.99. The number of aryl methyl sites for hydroxylation is 1. The van der Waals surface area contributed by atoms with Gasteiger partial charge in [0.05, 0.1) is 5.56 Å². The number of benzene rings is 3. The summed E-state index contributed by atoms with van der Waals surface area (Å²) < 4.78 is 0. The van der Waals surface area contributed by atoms with Gasteiger partial charge in [-0.05, 0) is 67.6 Å². The number of nitrogens with zero attached hydrogens (tertiary/aromatic N) is 1. The Morgan fingerprint density at radius 2 is 1.42 bits per heavy atom. The summed E-state index contributed by atoms with van der Waals surface area (Å²) in [5.74, 6) is -1.43. The van der Waals surface area contributed by atoms with Gasteiger partial charge in [0.1, 0.15) is 5.71 Å². The molecule has 0 aliphatic heterocycles. The first-order valence-corrected chi connectivity index (χ1v) is 11.6. The Labute approximate surface area is 197 Å². The number of carbonyl (C=O) groups excluding carboxylic acids is 3. The highest BCUT2D eigenvalue weighted by atomic mass is 32.2. The smallest absolute Gasteiger partial charge is 0.312 e. The van der Waals surface area contributed by atoms with E-state index in [2.05, 4.69) is 41.6 Å². The van der Waals surface area contributed by atoms with Crippen LogP contribution in [0.15, 0.2) is 99.9 Å². The standard InChI is InChI=1S/C27H25NO4S/c29-20-26(30)25(28-32-27(31)22-11-5-2-6-12-22)15-9-1-4-10-21-16-18-24(19-17-21)33-23-13-7-3-8-14-23/h2-3,5-8,11-14,16-20H,1,4,9-10,15H2. The van der Waals surface area contributed by atoms with E-state index in [1.54, 1.807) is 42.1 Å². The first kappa shape index (κ1) is 24.1. The van der Waals surface area contributed by atoms with Crippen LogP contribution in [0.4, 0.5) is 0 Å². The molecule has 0 fully saturated rings. The second kappa shape index (κ2) is 13.1. The van der Waals surface area contributed by atoms with E-state index in [1.165, 1.54) is 15.4 Å². The number of Topliss-reactive ketones (excluding diaryl/α,β-unsaturated/α-hetero) is 1. The van der Waals surface area contributed by atoms with Crippen molar-refractivity contribution >= 4 is 35.5 Å². The molecular weight excluding hydrogens is 434 g/mol. The van der Waals surface area contributed by atoms with Gasteiger partial charge >= 0.3 is 5.97 Å². The van der Waals surface area contributed by atoms with Gasteiger partial charge in [0.25, 0.3) is 0 Å². The second-order valence-corrected chi connectivity index (χ2v) is 8.53. The molecule has 0 unspecified atom stereocenters. The van der Waals surface area contributed by atoms with Gasteiger partial charge in [-0.3, -0.25) is 9.59 Å². The molecule has 6 heteroatoms. The van der Waals surface area contributed by atoms with Crippen molar-refractivity contribution in [2.45, 2.75) is 41.9 Å². The molecule has 0 aromatic heterocycles. The minimum absolute atomic E-state index is 0.0310. The van der Waals surface area contributed by atoms with Crippen LogP contribution in [0.25, 0.3) is 0 Å². The number of oxime groups is 1. The number of hydrogen-bond acceptors (Lipinski definition) is 6. The van der Waals surface area contributed by atoms with Gasteiger partial charge in [-0.15, -0.1) is 0 Å². The number of ketones is 1. The molecule has 168 valence electrons. The number of unbranched alkanes of at least 4 members (excludes halogenated alkanes) is 2. The van der Waals surface area contributed by atoms with Crippen molar-refractivity contribution in [3.8, 4) is 0 Å². The van der Waals surface area contributed by atoms with Crippen LogP contribution < -0.4 is 0 Å². The van der Waals surface area contributed by atoms with Crippen molar-refractivity contribution in [2.24, 2.45) is 5.16 Å². The Hall–Kier alpha value is -3.51. The van der Waals surface area contributed by atoms with Crippen molar-refractivity contribution in [1.82, 2.24) is 0 Å². The maximum absolute atomic E-state index is 12.0. The molecule has 0 heterocycles. The zero-order valence-electron chi connectivity index (χ0n) is 18.2. The number of carbonyl (C=O) groups is 3. The van der Waals surface area contributed by atoms with E-state index in [9.17, 15) is 14.4 Å². The molecule has 3 aromatic rings. The molecule has 0 spiro atoms. The molecule has 0 radical (unpaired) electrons. The first-order chi connectivity index (χ1) is 16.2. The molecule has 3 aromatic carbocycles. The van der Waals surface area contributed by atoms with Crippen molar-refractivity contribution in [3.63, 3.8) is 0 Å². The van der Waals surface area contributed by atoms with Crippen molar-refractivity contribution < 1.29 is 19.2 Å². The first-order valence-electron chi connectivity index (χ1n) is 10.8. The van der Waals surface area contributed by atoms with E-state index in [4.69, 9.17) is 4.84 Å². The molecular formula is C27H25NO4S. The fourth-order valence-electron chi connectivity index (χ4n) is 3.15. The van der Waals surface area contributed by atoms with Crippen LogP contribution in [0.5, 0.6) is 0 Å². The zero-order chi connectivity index (χ0) is 23.3. The van der Waals surface area contributed by atoms with Gasteiger partial charge in [0, 0.05) is 9.79 Å². The average molecular weight is 460 g/mol. The maximum Gasteiger partial charge on any atom is 0.365 e. The number of aldehydes is 1. The lowest BCUT2D eigenvalue weighted by Gasteiger charge is -2.05. The van der Waals surface area contributed by atoms with Gasteiger partial charge in [0.15, 0.2) is 6.29 Å². The van der Waals surface area contributed by atoms with Crippen LogP contribution in [0.1, 0.15) is 41.6 Å². The SMILES string of the molecule is O=CC(=O)C(CCCCCc1ccc(Sc2ccccc2)cc1)=NOC(=O)c1ccccc1. The van der Waals surface area contributed by atoms with E-state index >= 15 is 0 Å². The lowest BCUT2D eigenvalue weighted by atomic mass is 10.0. The summed E-state index contributed by atoms with van der Waals surface area (Å²) in [6, 6.07) is 27.1. The lowest BCUT2D eigenvalue weighted by Crippen LogP contribution is -2.17. The van der Waals surface area contributed by atoms with E-state index in [0.29, 0.717) is 12.0 Å². The lowest BCUT2D eigenvalue weighted by molar-refractivity contribution is -0.125. The Morgan fingerprint density at radius 1 is 0.788 bits per heavy atom.